The second-order valence-electron chi connectivity index (χ2n) is 4.82. The third kappa shape index (κ3) is 2.54. The van der Waals surface area contributed by atoms with Gasteiger partial charge in [0.15, 0.2) is 0 Å². The molecule has 3 heteroatoms. The molecular weight excluding hydrogens is 200 g/mol. The summed E-state index contributed by atoms with van der Waals surface area (Å²) in [6.07, 6.45) is 1.20. The normalized spacial score (nSPS) is 20.6. The van der Waals surface area contributed by atoms with E-state index < -0.39 is 0 Å². The van der Waals surface area contributed by atoms with Gasteiger partial charge in [-0.25, -0.2) is 0 Å². The second kappa shape index (κ2) is 4.85. The molecule has 1 aliphatic heterocycles. The summed E-state index contributed by atoms with van der Waals surface area (Å²) in [5.41, 5.74) is 2.37. The Bertz CT molecular complexity index is 357. The summed E-state index contributed by atoms with van der Waals surface area (Å²) in [6, 6.07) is 6.02. The zero-order valence-corrected chi connectivity index (χ0v) is 10.0. The fourth-order valence-electron chi connectivity index (χ4n) is 2.27. The third-order valence-electron chi connectivity index (χ3n) is 3.12. The second-order valence-corrected chi connectivity index (χ2v) is 4.82. The van der Waals surface area contributed by atoms with Gasteiger partial charge in [-0.1, -0.05) is 12.1 Å². The topological polar surface area (TPSA) is 35.5 Å². The first-order valence-corrected chi connectivity index (χ1v) is 5.84. The first-order chi connectivity index (χ1) is 7.66. The molecule has 0 aliphatic carbocycles. The SMILES string of the molecule is CN(C)Cc1cc(C2CCNC2)ccc1O. The molecule has 2 rings (SSSR count). The highest BCUT2D eigenvalue weighted by atomic mass is 16.3. The number of phenolic OH excluding ortho intramolecular Hbond substituents is 1. The fourth-order valence-corrected chi connectivity index (χ4v) is 2.27. The summed E-state index contributed by atoms with van der Waals surface area (Å²) in [5, 5.41) is 13.2. The van der Waals surface area contributed by atoms with E-state index in [0.29, 0.717) is 11.7 Å². The quantitative estimate of drug-likeness (QED) is 0.811. The molecule has 88 valence electrons. The Balaban J connectivity index is 2.20. The molecule has 1 saturated heterocycles. The zero-order valence-electron chi connectivity index (χ0n) is 10.0. The van der Waals surface area contributed by atoms with Crippen LogP contribution in [0.25, 0.3) is 0 Å². The van der Waals surface area contributed by atoms with Crippen LogP contribution in [0.1, 0.15) is 23.5 Å². The number of aromatic hydroxyl groups is 1. The number of nitrogens with one attached hydrogen (secondary N) is 1. The predicted octanol–water partition coefficient (Wildman–Crippen LogP) is 1.53. The Morgan fingerprint density at radius 2 is 2.25 bits per heavy atom. The van der Waals surface area contributed by atoms with Crippen LogP contribution in [-0.4, -0.2) is 37.2 Å². The van der Waals surface area contributed by atoms with Gasteiger partial charge in [-0.15, -0.1) is 0 Å². The van der Waals surface area contributed by atoms with Crippen LogP contribution in [0, 0.1) is 0 Å². The van der Waals surface area contributed by atoms with Crippen molar-refractivity contribution >= 4 is 0 Å². The summed E-state index contributed by atoms with van der Waals surface area (Å²) in [6.45, 7) is 2.96. The van der Waals surface area contributed by atoms with Gasteiger partial charge < -0.3 is 15.3 Å². The molecule has 0 bridgehead atoms. The molecule has 1 aromatic carbocycles. The zero-order chi connectivity index (χ0) is 11.5. The summed E-state index contributed by atoms with van der Waals surface area (Å²) >= 11 is 0. The van der Waals surface area contributed by atoms with Crippen LogP contribution in [0.5, 0.6) is 5.75 Å². The average Bonchev–Trinajstić information content (AvgIpc) is 2.73. The molecule has 0 amide bonds. The minimum Gasteiger partial charge on any atom is -0.508 e. The molecule has 1 aromatic rings. The average molecular weight is 220 g/mol. The van der Waals surface area contributed by atoms with Crippen LogP contribution in [-0.2, 0) is 6.54 Å². The van der Waals surface area contributed by atoms with Crippen molar-refractivity contribution in [2.75, 3.05) is 27.2 Å². The van der Waals surface area contributed by atoms with E-state index in [0.717, 1.165) is 25.2 Å². The van der Waals surface area contributed by atoms with Gasteiger partial charge in [0.1, 0.15) is 5.75 Å². The van der Waals surface area contributed by atoms with Crippen LogP contribution in [0.4, 0.5) is 0 Å². The van der Waals surface area contributed by atoms with Gasteiger partial charge in [0.25, 0.3) is 0 Å². The minimum absolute atomic E-state index is 0.406. The Morgan fingerprint density at radius 3 is 2.88 bits per heavy atom. The number of nitrogens with zero attached hydrogens (tertiary/aromatic N) is 1. The van der Waals surface area contributed by atoms with Crippen molar-refractivity contribution in [2.45, 2.75) is 18.9 Å². The van der Waals surface area contributed by atoms with Gasteiger partial charge >= 0.3 is 0 Å². The van der Waals surface area contributed by atoms with Crippen molar-refractivity contribution in [1.82, 2.24) is 10.2 Å². The van der Waals surface area contributed by atoms with E-state index in [4.69, 9.17) is 0 Å². The lowest BCUT2D eigenvalue weighted by Crippen LogP contribution is -2.12. The maximum atomic E-state index is 9.78. The van der Waals surface area contributed by atoms with Crippen LogP contribution in [0.2, 0.25) is 0 Å². The smallest absolute Gasteiger partial charge is 0.120 e. The molecule has 1 fully saturated rings. The number of rotatable bonds is 3. The largest absolute Gasteiger partial charge is 0.508 e. The number of phenols is 1. The first kappa shape index (κ1) is 11.4. The molecule has 1 atom stereocenters. The van der Waals surface area contributed by atoms with Crippen molar-refractivity contribution in [2.24, 2.45) is 0 Å². The van der Waals surface area contributed by atoms with E-state index in [1.165, 1.54) is 12.0 Å². The molecule has 0 spiro atoms. The molecule has 16 heavy (non-hydrogen) atoms. The summed E-state index contributed by atoms with van der Waals surface area (Å²) in [4.78, 5) is 2.08. The highest BCUT2D eigenvalue weighted by Gasteiger charge is 2.17. The third-order valence-corrected chi connectivity index (χ3v) is 3.12. The fraction of sp³-hybridized carbons (Fsp3) is 0.538. The molecule has 1 unspecified atom stereocenters. The van der Waals surface area contributed by atoms with E-state index >= 15 is 0 Å². The molecule has 3 nitrogen and oxygen atoms in total. The molecule has 0 radical (unpaired) electrons. The number of benzene rings is 1. The van der Waals surface area contributed by atoms with Gasteiger partial charge in [-0.05, 0) is 44.6 Å². The molecule has 0 aromatic heterocycles. The number of hydrogen-bond acceptors (Lipinski definition) is 3. The maximum absolute atomic E-state index is 9.78. The number of hydrogen-bond donors (Lipinski definition) is 2. The molecule has 1 heterocycles. The minimum atomic E-state index is 0.406. The van der Waals surface area contributed by atoms with Crippen LogP contribution < -0.4 is 5.32 Å². The summed E-state index contributed by atoms with van der Waals surface area (Å²) in [5.74, 6) is 1.02. The monoisotopic (exact) mass is 220 g/mol. The van der Waals surface area contributed by atoms with Crippen LogP contribution in [0.3, 0.4) is 0 Å². The van der Waals surface area contributed by atoms with E-state index in [1.54, 1.807) is 0 Å². The maximum Gasteiger partial charge on any atom is 0.120 e. The van der Waals surface area contributed by atoms with E-state index in [1.807, 2.05) is 26.2 Å². The Labute approximate surface area is 97.1 Å². The molecule has 1 aliphatic rings. The van der Waals surface area contributed by atoms with Crippen molar-refractivity contribution in [3.8, 4) is 5.75 Å². The first-order valence-electron chi connectivity index (χ1n) is 5.84. The van der Waals surface area contributed by atoms with E-state index in [2.05, 4.69) is 16.3 Å². The van der Waals surface area contributed by atoms with Crippen LogP contribution >= 0.6 is 0 Å². The van der Waals surface area contributed by atoms with Gasteiger partial charge in [0.2, 0.25) is 0 Å². The highest BCUT2D eigenvalue weighted by molar-refractivity contribution is 5.38. The van der Waals surface area contributed by atoms with Crippen molar-refractivity contribution in [1.29, 1.82) is 0 Å². The highest BCUT2D eigenvalue weighted by Crippen LogP contribution is 2.27. The Hall–Kier alpha value is -1.06. The predicted molar refractivity (Wildman–Crippen MR) is 65.7 cm³/mol. The lowest BCUT2D eigenvalue weighted by atomic mass is 9.96. The van der Waals surface area contributed by atoms with E-state index in [-0.39, 0.29) is 0 Å². The standard InChI is InChI=1S/C13H20N2O/c1-15(2)9-12-7-10(3-4-13(12)16)11-5-6-14-8-11/h3-4,7,11,14,16H,5-6,8-9H2,1-2H3. The van der Waals surface area contributed by atoms with E-state index in [9.17, 15) is 5.11 Å². The van der Waals surface area contributed by atoms with Crippen molar-refractivity contribution < 1.29 is 5.11 Å². The molecular formula is C13H20N2O. The Kier molecular flexibility index (Phi) is 3.46. The Morgan fingerprint density at radius 1 is 1.44 bits per heavy atom. The summed E-state index contributed by atoms with van der Waals surface area (Å²) in [7, 11) is 4.03. The van der Waals surface area contributed by atoms with Crippen molar-refractivity contribution in [3.05, 3.63) is 29.3 Å². The molecule has 0 saturated carbocycles. The van der Waals surface area contributed by atoms with Crippen LogP contribution in [0.15, 0.2) is 18.2 Å². The van der Waals surface area contributed by atoms with Gasteiger partial charge in [-0.3, -0.25) is 0 Å². The lowest BCUT2D eigenvalue weighted by Gasteiger charge is -2.15. The summed E-state index contributed by atoms with van der Waals surface area (Å²) < 4.78 is 0. The van der Waals surface area contributed by atoms with Gasteiger partial charge in [-0.2, -0.15) is 0 Å². The lowest BCUT2D eigenvalue weighted by molar-refractivity contribution is 0.385. The molecule has 2 N–H and O–H groups in total. The van der Waals surface area contributed by atoms with Crippen molar-refractivity contribution in [3.63, 3.8) is 0 Å². The van der Waals surface area contributed by atoms with Gasteiger partial charge in [0, 0.05) is 18.7 Å². The van der Waals surface area contributed by atoms with Gasteiger partial charge in [0.05, 0.1) is 0 Å².